The highest BCUT2D eigenvalue weighted by Crippen LogP contribution is 2.20. The Hall–Kier alpha value is -1.79. The zero-order valence-electron chi connectivity index (χ0n) is 18.7. The molecule has 0 saturated heterocycles. The number of thioether (sulfide) groups is 1. The summed E-state index contributed by atoms with van der Waals surface area (Å²) >= 11 is 5.03. The third-order valence-electron chi connectivity index (χ3n) is 5.22. The first kappa shape index (κ1) is 25.5. The van der Waals surface area contributed by atoms with Gasteiger partial charge in [0.25, 0.3) is 0 Å². The number of hydrogen-bond donors (Lipinski definition) is 1. The van der Waals surface area contributed by atoms with Gasteiger partial charge in [0.1, 0.15) is 6.04 Å². The van der Waals surface area contributed by atoms with E-state index in [9.17, 15) is 9.59 Å². The molecule has 2 rings (SSSR count). The van der Waals surface area contributed by atoms with E-state index in [1.54, 1.807) is 16.7 Å². The monoisotopic (exact) mass is 504 g/mol. The molecule has 4 nitrogen and oxygen atoms in total. The Bertz CT molecular complexity index is 842. The lowest BCUT2D eigenvalue weighted by Gasteiger charge is -2.31. The van der Waals surface area contributed by atoms with Crippen LogP contribution in [-0.4, -0.2) is 35.1 Å². The molecule has 2 aromatic rings. The summed E-state index contributed by atoms with van der Waals surface area (Å²) in [5, 5.41) is 3.01. The number of rotatable bonds is 12. The number of nitrogens with one attached hydrogen (secondary N) is 1. The molecule has 0 aliphatic heterocycles. The molecule has 31 heavy (non-hydrogen) atoms. The highest BCUT2D eigenvalue weighted by atomic mass is 79.9. The Morgan fingerprint density at radius 1 is 1.10 bits per heavy atom. The zero-order valence-corrected chi connectivity index (χ0v) is 21.1. The van der Waals surface area contributed by atoms with E-state index in [0.717, 1.165) is 34.2 Å². The first-order valence-electron chi connectivity index (χ1n) is 10.9. The van der Waals surface area contributed by atoms with E-state index in [4.69, 9.17) is 0 Å². The summed E-state index contributed by atoms with van der Waals surface area (Å²) in [7, 11) is 0. The number of nitrogens with zero attached hydrogens (tertiary/aromatic N) is 1. The van der Waals surface area contributed by atoms with Gasteiger partial charge in [-0.25, -0.2) is 0 Å². The number of unbranched alkanes of at least 4 members (excludes halogenated alkanes) is 1. The van der Waals surface area contributed by atoms with Crippen LogP contribution in [0.25, 0.3) is 0 Å². The van der Waals surface area contributed by atoms with Crippen molar-refractivity contribution in [2.24, 2.45) is 0 Å². The van der Waals surface area contributed by atoms with Gasteiger partial charge in [0.05, 0.1) is 5.75 Å². The molecule has 0 aromatic heterocycles. The van der Waals surface area contributed by atoms with Crippen molar-refractivity contribution in [2.75, 3.05) is 12.3 Å². The van der Waals surface area contributed by atoms with E-state index in [-0.39, 0.29) is 11.8 Å². The van der Waals surface area contributed by atoms with Gasteiger partial charge < -0.3 is 10.2 Å². The molecule has 0 spiro atoms. The van der Waals surface area contributed by atoms with Crippen molar-refractivity contribution in [1.29, 1.82) is 0 Å². The fraction of sp³-hybridized carbons (Fsp3) is 0.440. The summed E-state index contributed by atoms with van der Waals surface area (Å²) < 4.78 is 1.04. The molecule has 6 heteroatoms. The lowest BCUT2D eigenvalue weighted by molar-refractivity contribution is -0.139. The largest absolute Gasteiger partial charge is 0.354 e. The zero-order chi connectivity index (χ0) is 22.6. The fourth-order valence-electron chi connectivity index (χ4n) is 3.32. The van der Waals surface area contributed by atoms with Crippen molar-refractivity contribution < 1.29 is 9.59 Å². The molecule has 0 radical (unpaired) electrons. The van der Waals surface area contributed by atoms with Crippen LogP contribution >= 0.6 is 27.7 Å². The van der Waals surface area contributed by atoms with E-state index < -0.39 is 6.04 Å². The first-order valence-corrected chi connectivity index (χ1v) is 12.8. The molecule has 0 aliphatic rings. The number of amides is 2. The summed E-state index contributed by atoms with van der Waals surface area (Å²) in [4.78, 5) is 27.9. The van der Waals surface area contributed by atoms with Gasteiger partial charge in [-0.2, -0.15) is 0 Å². The number of aryl methyl sites for hydroxylation is 1. The van der Waals surface area contributed by atoms with Crippen LogP contribution in [0.3, 0.4) is 0 Å². The molecular formula is C25H33BrN2O2S. The van der Waals surface area contributed by atoms with Gasteiger partial charge >= 0.3 is 0 Å². The summed E-state index contributed by atoms with van der Waals surface area (Å²) in [6.45, 7) is 7.21. The minimum Gasteiger partial charge on any atom is -0.354 e. The summed E-state index contributed by atoms with van der Waals surface area (Å²) in [5.74, 6) is 1.05. The quantitative estimate of drug-likeness (QED) is 0.376. The van der Waals surface area contributed by atoms with Gasteiger partial charge in [0.15, 0.2) is 0 Å². The maximum Gasteiger partial charge on any atom is 0.242 e. The van der Waals surface area contributed by atoms with Crippen LogP contribution in [-0.2, 0) is 21.9 Å². The molecule has 0 heterocycles. The third-order valence-corrected chi connectivity index (χ3v) is 6.74. The predicted octanol–water partition coefficient (Wildman–Crippen LogP) is 5.71. The van der Waals surface area contributed by atoms with Gasteiger partial charge in [-0.05, 0) is 48.6 Å². The number of halogens is 1. The van der Waals surface area contributed by atoms with E-state index >= 15 is 0 Å². The van der Waals surface area contributed by atoms with Crippen molar-refractivity contribution in [3.63, 3.8) is 0 Å². The minimum absolute atomic E-state index is 0.00264. The van der Waals surface area contributed by atoms with Crippen molar-refractivity contribution in [3.8, 4) is 0 Å². The van der Waals surface area contributed by atoms with Crippen LogP contribution in [0, 0.1) is 6.92 Å². The second kappa shape index (κ2) is 13.6. The van der Waals surface area contributed by atoms with Crippen molar-refractivity contribution in [3.05, 3.63) is 69.7 Å². The molecule has 1 atom stereocenters. The van der Waals surface area contributed by atoms with Crippen LogP contribution in [0.1, 0.15) is 49.8 Å². The van der Waals surface area contributed by atoms with Crippen LogP contribution in [0.4, 0.5) is 0 Å². The molecule has 0 aliphatic carbocycles. The predicted molar refractivity (Wildman–Crippen MR) is 134 cm³/mol. The Labute approximate surface area is 199 Å². The molecule has 2 aromatic carbocycles. The highest BCUT2D eigenvalue weighted by Gasteiger charge is 2.28. The molecule has 0 unspecified atom stereocenters. The maximum atomic E-state index is 13.3. The average Bonchev–Trinajstić information content (AvgIpc) is 2.76. The van der Waals surface area contributed by atoms with Crippen LogP contribution < -0.4 is 5.32 Å². The summed E-state index contributed by atoms with van der Waals surface area (Å²) in [6.07, 6.45) is 2.56. The molecule has 0 fully saturated rings. The summed E-state index contributed by atoms with van der Waals surface area (Å²) in [6, 6.07) is 15.7. The second-order valence-corrected chi connectivity index (χ2v) is 9.54. The van der Waals surface area contributed by atoms with E-state index in [0.29, 0.717) is 25.3 Å². The van der Waals surface area contributed by atoms with Crippen LogP contribution in [0.5, 0.6) is 0 Å². The van der Waals surface area contributed by atoms with Gasteiger partial charge in [0.2, 0.25) is 11.8 Å². The SMILES string of the molecule is CCCCNC(=O)[C@@H](CC)N(Cc1ccccc1C)C(=O)CSCc1ccc(Br)cc1. The standard InChI is InChI=1S/C25H33BrN2O2S/c1-4-6-15-27-25(30)23(5-2)28(16-21-10-8-7-9-19(21)3)24(29)18-31-17-20-11-13-22(26)14-12-20/h7-14,23H,4-6,15-18H2,1-3H3,(H,27,30)/t23-/m1/s1. The Morgan fingerprint density at radius 3 is 2.45 bits per heavy atom. The first-order chi connectivity index (χ1) is 15.0. The number of carbonyl (C=O) groups is 2. The second-order valence-electron chi connectivity index (χ2n) is 7.64. The number of hydrogen-bond acceptors (Lipinski definition) is 3. The Morgan fingerprint density at radius 2 is 1.81 bits per heavy atom. The molecule has 2 amide bonds. The number of carbonyl (C=O) groups excluding carboxylic acids is 2. The normalized spacial score (nSPS) is 11.7. The van der Waals surface area contributed by atoms with Crippen LogP contribution in [0.15, 0.2) is 53.0 Å². The molecule has 0 bridgehead atoms. The highest BCUT2D eigenvalue weighted by molar-refractivity contribution is 9.10. The van der Waals surface area contributed by atoms with Gasteiger partial charge in [-0.1, -0.05) is 72.6 Å². The molecule has 1 N–H and O–H groups in total. The lowest BCUT2D eigenvalue weighted by atomic mass is 10.1. The van der Waals surface area contributed by atoms with Gasteiger partial charge in [0, 0.05) is 23.3 Å². The van der Waals surface area contributed by atoms with Gasteiger partial charge in [-0.15, -0.1) is 11.8 Å². The fourth-order valence-corrected chi connectivity index (χ4v) is 4.45. The average molecular weight is 506 g/mol. The third kappa shape index (κ3) is 8.34. The van der Waals surface area contributed by atoms with Crippen molar-refractivity contribution in [1.82, 2.24) is 10.2 Å². The number of benzene rings is 2. The Balaban J connectivity index is 2.10. The maximum absolute atomic E-state index is 13.3. The van der Waals surface area contributed by atoms with Crippen LogP contribution in [0.2, 0.25) is 0 Å². The van der Waals surface area contributed by atoms with E-state index in [2.05, 4.69) is 40.3 Å². The smallest absolute Gasteiger partial charge is 0.242 e. The van der Waals surface area contributed by atoms with Gasteiger partial charge in [-0.3, -0.25) is 9.59 Å². The molecule has 0 saturated carbocycles. The Kier molecular flexibility index (Phi) is 11.2. The lowest BCUT2D eigenvalue weighted by Crippen LogP contribution is -2.49. The summed E-state index contributed by atoms with van der Waals surface area (Å²) in [5.41, 5.74) is 3.38. The van der Waals surface area contributed by atoms with E-state index in [1.165, 1.54) is 5.56 Å². The molecule has 168 valence electrons. The van der Waals surface area contributed by atoms with Crippen molar-refractivity contribution in [2.45, 2.75) is 58.4 Å². The topological polar surface area (TPSA) is 49.4 Å². The van der Waals surface area contributed by atoms with Crippen molar-refractivity contribution >= 4 is 39.5 Å². The molecular weight excluding hydrogens is 472 g/mol. The van der Waals surface area contributed by atoms with E-state index in [1.807, 2.05) is 50.2 Å². The minimum atomic E-state index is -0.461.